The second kappa shape index (κ2) is 8.16. The lowest BCUT2D eigenvalue weighted by Crippen LogP contribution is -2.19. The number of hydrogen-bond acceptors (Lipinski definition) is 1. The van der Waals surface area contributed by atoms with E-state index in [1.165, 1.54) is 18.2 Å². The molecule has 0 spiro atoms. The molecule has 0 amide bonds. The Labute approximate surface area is 168 Å². The second-order valence-electron chi connectivity index (χ2n) is 5.69. The highest BCUT2D eigenvalue weighted by Gasteiger charge is 2.40. The van der Waals surface area contributed by atoms with Crippen molar-refractivity contribution in [2.45, 2.75) is 18.3 Å². The zero-order chi connectivity index (χ0) is 21.3. The minimum absolute atomic E-state index is 0.0887. The summed E-state index contributed by atoms with van der Waals surface area (Å²) in [5.74, 6) is -3.57. The van der Waals surface area contributed by atoms with Crippen LogP contribution < -0.4 is 0 Å². The number of carboxylic acid groups (broad SMARTS) is 1. The van der Waals surface area contributed by atoms with Gasteiger partial charge in [-0.3, -0.25) is 0 Å². The Kier molecular flexibility index (Phi) is 6.50. The number of alkyl halides is 6. The predicted octanol–water partition coefficient (Wildman–Crippen LogP) is 7.18. The summed E-state index contributed by atoms with van der Waals surface area (Å²) in [7, 11) is 0. The summed E-state index contributed by atoms with van der Waals surface area (Å²) in [6.07, 6.45) is -7.99. The van der Waals surface area contributed by atoms with Crippen molar-refractivity contribution in [1.82, 2.24) is 0 Å². The van der Waals surface area contributed by atoms with Crippen molar-refractivity contribution in [1.29, 1.82) is 0 Å². The summed E-state index contributed by atoms with van der Waals surface area (Å²) in [6, 6.07) is 5.52. The van der Waals surface area contributed by atoms with E-state index in [0.717, 1.165) is 12.1 Å². The molecule has 0 fully saturated rings. The van der Waals surface area contributed by atoms with Gasteiger partial charge in [-0.2, -0.15) is 26.3 Å². The molecule has 0 saturated carbocycles. The zero-order valence-corrected chi connectivity index (χ0v) is 15.9. The number of halogens is 8. The van der Waals surface area contributed by atoms with Gasteiger partial charge in [-0.25, -0.2) is 4.79 Å². The standard InChI is InChI=1S/C18H10BrClF6O2/c19-15-5-9(1-3-13(15)16(27)28)2-4-14(18(24,25)26)10-6-11(17(21,22)23)8-12(20)7-10/h1-8,14H,(H,27,28). The lowest BCUT2D eigenvalue weighted by molar-refractivity contribution is -0.142. The van der Waals surface area contributed by atoms with Gasteiger partial charge in [0.25, 0.3) is 0 Å². The van der Waals surface area contributed by atoms with Gasteiger partial charge in [0.05, 0.1) is 17.0 Å². The third-order valence-electron chi connectivity index (χ3n) is 3.66. The van der Waals surface area contributed by atoms with E-state index in [1.807, 2.05) is 0 Å². The Hall–Kier alpha value is -2.00. The van der Waals surface area contributed by atoms with Gasteiger partial charge in [-0.15, -0.1) is 0 Å². The van der Waals surface area contributed by atoms with Crippen molar-refractivity contribution in [3.05, 3.63) is 74.2 Å². The molecule has 0 saturated heterocycles. The molecule has 1 unspecified atom stereocenters. The minimum atomic E-state index is -4.87. The smallest absolute Gasteiger partial charge is 0.416 e. The molecule has 150 valence electrons. The Morgan fingerprint density at radius 2 is 1.71 bits per heavy atom. The number of benzene rings is 2. The summed E-state index contributed by atoms with van der Waals surface area (Å²) in [6.45, 7) is 0. The molecular weight excluding hydrogens is 478 g/mol. The summed E-state index contributed by atoms with van der Waals surface area (Å²) in [4.78, 5) is 11.0. The molecule has 28 heavy (non-hydrogen) atoms. The monoisotopic (exact) mass is 486 g/mol. The van der Waals surface area contributed by atoms with E-state index < -0.39 is 40.4 Å². The lowest BCUT2D eigenvalue weighted by atomic mass is 9.95. The van der Waals surface area contributed by atoms with Gasteiger partial charge in [-0.1, -0.05) is 29.8 Å². The molecule has 0 heterocycles. The lowest BCUT2D eigenvalue weighted by Gasteiger charge is -2.19. The SMILES string of the molecule is O=C(O)c1ccc(C=CC(c2cc(Cl)cc(C(F)(F)F)c2)C(F)(F)F)cc1Br. The minimum Gasteiger partial charge on any atom is -0.478 e. The molecule has 1 atom stereocenters. The molecule has 0 radical (unpaired) electrons. The van der Waals surface area contributed by atoms with Crippen LogP contribution in [0.4, 0.5) is 26.3 Å². The van der Waals surface area contributed by atoms with Crippen molar-refractivity contribution in [3.63, 3.8) is 0 Å². The molecular formula is C18H10BrClF6O2. The highest BCUT2D eigenvalue weighted by Crippen LogP contribution is 2.40. The van der Waals surface area contributed by atoms with Gasteiger partial charge in [0, 0.05) is 9.50 Å². The number of carboxylic acids is 1. The van der Waals surface area contributed by atoms with Gasteiger partial charge in [-0.05, 0) is 57.4 Å². The first-order valence-electron chi connectivity index (χ1n) is 7.44. The fourth-order valence-corrected chi connectivity index (χ4v) is 3.19. The molecule has 2 nitrogen and oxygen atoms in total. The van der Waals surface area contributed by atoms with Gasteiger partial charge in [0.2, 0.25) is 0 Å². The van der Waals surface area contributed by atoms with E-state index in [4.69, 9.17) is 16.7 Å². The number of rotatable bonds is 4. The molecule has 0 aliphatic heterocycles. The van der Waals surface area contributed by atoms with Crippen molar-refractivity contribution >= 4 is 39.6 Å². The number of carbonyl (C=O) groups is 1. The van der Waals surface area contributed by atoms with Crippen LogP contribution in [0.5, 0.6) is 0 Å². The Bertz CT molecular complexity index is 921. The molecule has 0 aliphatic rings. The molecule has 2 rings (SSSR count). The highest BCUT2D eigenvalue weighted by molar-refractivity contribution is 9.10. The average molecular weight is 488 g/mol. The summed E-state index contributed by atoms with van der Waals surface area (Å²) >= 11 is 8.58. The van der Waals surface area contributed by atoms with Crippen LogP contribution in [0.25, 0.3) is 6.08 Å². The topological polar surface area (TPSA) is 37.3 Å². The van der Waals surface area contributed by atoms with E-state index in [0.29, 0.717) is 18.2 Å². The molecule has 2 aromatic rings. The fraction of sp³-hybridized carbons (Fsp3) is 0.167. The highest BCUT2D eigenvalue weighted by atomic mass is 79.9. The number of allylic oxidation sites excluding steroid dienone is 1. The molecule has 10 heteroatoms. The van der Waals surface area contributed by atoms with Crippen molar-refractivity contribution < 1.29 is 36.2 Å². The predicted molar refractivity (Wildman–Crippen MR) is 95.4 cm³/mol. The molecule has 0 bridgehead atoms. The van der Waals surface area contributed by atoms with Crippen LogP contribution in [-0.2, 0) is 6.18 Å². The average Bonchev–Trinajstić information content (AvgIpc) is 2.52. The normalized spacial score (nSPS) is 13.7. The van der Waals surface area contributed by atoms with E-state index >= 15 is 0 Å². The first-order valence-corrected chi connectivity index (χ1v) is 8.61. The van der Waals surface area contributed by atoms with Crippen LogP contribution in [0.15, 0.2) is 46.9 Å². The Morgan fingerprint density at radius 3 is 2.21 bits per heavy atom. The molecule has 1 N–H and O–H groups in total. The van der Waals surface area contributed by atoms with Crippen LogP contribution in [-0.4, -0.2) is 17.3 Å². The van der Waals surface area contributed by atoms with Crippen LogP contribution in [0.2, 0.25) is 5.02 Å². The van der Waals surface area contributed by atoms with Gasteiger partial charge in [0.1, 0.15) is 0 Å². The van der Waals surface area contributed by atoms with Gasteiger partial charge >= 0.3 is 18.3 Å². The molecule has 0 aromatic heterocycles. The Balaban J connectivity index is 2.47. The largest absolute Gasteiger partial charge is 0.478 e. The zero-order valence-electron chi connectivity index (χ0n) is 13.6. The van der Waals surface area contributed by atoms with Crippen LogP contribution in [0.3, 0.4) is 0 Å². The van der Waals surface area contributed by atoms with Gasteiger partial charge < -0.3 is 5.11 Å². The summed E-state index contributed by atoms with van der Waals surface area (Å²) in [5.41, 5.74) is -1.81. The van der Waals surface area contributed by atoms with E-state index in [9.17, 15) is 31.1 Å². The van der Waals surface area contributed by atoms with Crippen molar-refractivity contribution in [3.8, 4) is 0 Å². The maximum Gasteiger partial charge on any atom is 0.416 e. The van der Waals surface area contributed by atoms with Crippen LogP contribution in [0.1, 0.15) is 33.0 Å². The Morgan fingerprint density at radius 1 is 1.07 bits per heavy atom. The summed E-state index contributed by atoms with van der Waals surface area (Å²) in [5, 5.41) is 8.48. The first-order chi connectivity index (χ1) is 12.8. The third kappa shape index (κ3) is 5.51. The van der Waals surface area contributed by atoms with E-state index in [2.05, 4.69) is 15.9 Å². The third-order valence-corrected chi connectivity index (χ3v) is 4.54. The molecule has 0 aliphatic carbocycles. The van der Waals surface area contributed by atoms with Crippen LogP contribution >= 0.6 is 27.5 Å². The summed E-state index contributed by atoms with van der Waals surface area (Å²) < 4.78 is 79.2. The second-order valence-corrected chi connectivity index (χ2v) is 6.98. The number of hydrogen-bond donors (Lipinski definition) is 1. The van der Waals surface area contributed by atoms with Crippen molar-refractivity contribution in [2.75, 3.05) is 0 Å². The first kappa shape index (κ1) is 22.3. The van der Waals surface area contributed by atoms with Crippen LogP contribution in [0, 0.1) is 0 Å². The maximum atomic E-state index is 13.5. The van der Waals surface area contributed by atoms with Crippen molar-refractivity contribution in [2.24, 2.45) is 0 Å². The van der Waals surface area contributed by atoms with E-state index in [1.54, 1.807) is 0 Å². The van der Waals surface area contributed by atoms with Gasteiger partial charge in [0.15, 0.2) is 0 Å². The maximum absolute atomic E-state index is 13.5. The van der Waals surface area contributed by atoms with E-state index in [-0.39, 0.29) is 15.6 Å². The fourth-order valence-electron chi connectivity index (χ4n) is 2.38. The quantitative estimate of drug-likeness (QED) is 0.464. The number of aromatic carboxylic acids is 1. The molecule has 2 aromatic carbocycles.